The van der Waals surface area contributed by atoms with E-state index in [2.05, 4.69) is 4.98 Å². The molecule has 0 N–H and O–H groups in total. The number of nitrogens with zero attached hydrogens (tertiary/aromatic N) is 2. The number of alkyl halides is 4. The second kappa shape index (κ2) is 6.51. The summed E-state index contributed by atoms with van der Waals surface area (Å²) in [5.74, 6) is 0.323. The lowest BCUT2D eigenvalue weighted by atomic mass is 10.1. The number of carbonyl (C=O) groups excluding carboxylic acids is 1. The number of aromatic nitrogens is 1. The molecule has 0 radical (unpaired) electrons. The lowest BCUT2D eigenvalue weighted by molar-refractivity contribution is -0.140. The molecule has 0 saturated carbocycles. The molecule has 1 aromatic heterocycles. The van der Waals surface area contributed by atoms with Crippen LogP contribution in [0.5, 0.6) is 5.88 Å². The Kier molecular flexibility index (Phi) is 4.92. The average Bonchev–Trinajstić information content (AvgIpc) is 2.39. The Labute approximate surface area is 124 Å². The van der Waals surface area contributed by atoms with Crippen LogP contribution in [0.3, 0.4) is 0 Å². The molecule has 0 atom stereocenters. The average molecular weight is 323 g/mol. The molecular weight excluding hydrogens is 309 g/mol. The number of pyridine rings is 1. The number of likely N-dealkylation sites (tertiary alicyclic amines) is 1. The normalized spacial score (nSPS) is 15.7. The molecule has 116 valence electrons. The summed E-state index contributed by atoms with van der Waals surface area (Å²) in [6, 6.07) is 1.74. The van der Waals surface area contributed by atoms with Gasteiger partial charge >= 0.3 is 6.18 Å². The minimum atomic E-state index is -4.43. The molecule has 1 saturated heterocycles. The summed E-state index contributed by atoms with van der Waals surface area (Å²) in [7, 11) is 0. The first-order valence-electron chi connectivity index (χ1n) is 6.44. The first-order chi connectivity index (χ1) is 9.90. The van der Waals surface area contributed by atoms with Gasteiger partial charge in [-0.3, -0.25) is 4.79 Å². The maximum Gasteiger partial charge on any atom is 0.416 e. The zero-order valence-corrected chi connectivity index (χ0v) is 11.8. The van der Waals surface area contributed by atoms with Gasteiger partial charge in [-0.25, -0.2) is 4.98 Å². The molecule has 0 aliphatic carbocycles. The molecule has 0 unspecified atom stereocenters. The molecule has 1 aliphatic heterocycles. The van der Waals surface area contributed by atoms with Crippen LogP contribution in [0.25, 0.3) is 0 Å². The lowest BCUT2D eigenvalue weighted by Crippen LogP contribution is -2.56. The van der Waals surface area contributed by atoms with Crippen molar-refractivity contribution in [1.82, 2.24) is 9.88 Å². The van der Waals surface area contributed by atoms with Gasteiger partial charge < -0.3 is 9.64 Å². The standard InChI is InChI=1S/C13H14ClF3N2O2/c14-4-1-2-12(20)19-7-10(8-19)21-11-6-9(3-5-18-11)13(15,16)17/h3,5-6,10H,1-2,4,7-8H2. The van der Waals surface area contributed by atoms with Gasteiger partial charge in [0.05, 0.1) is 18.7 Å². The lowest BCUT2D eigenvalue weighted by Gasteiger charge is -2.38. The Morgan fingerprint density at radius 1 is 1.48 bits per heavy atom. The van der Waals surface area contributed by atoms with Gasteiger partial charge in [0, 0.05) is 24.6 Å². The van der Waals surface area contributed by atoms with Gasteiger partial charge in [0.25, 0.3) is 0 Å². The maximum atomic E-state index is 12.5. The van der Waals surface area contributed by atoms with Gasteiger partial charge in [-0.05, 0) is 12.5 Å². The molecule has 2 heterocycles. The minimum absolute atomic E-state index is 0.0208. The summed E-state index contributed by atoms with van der Waals surface area (Å²) >= 11 is 5.50. The Bertz CT molecular complexity index is 504. The molecule has 4 nitrogen and oxygen atoms in total. The van der Waals surface area contributed by atoms with Gasteiger partial charge in [0.2, 0.25) is 11.8 Å². The third-order valence-corrected chi connectivity index (χ3v) is 3.34. The van der Waals surface area contributed by atoms with Crippen LogP contribution in [-0.4, -0.2) is 40.9 Å². The van der Waals surface area contributed by atoms with Crippen LogP contribution in [0, 0.1) is 0 Å². The Morgan fingerprint density at radius 3 is 2.81 bits per heavy atom. The smallest absolute Gasteiger partial charge is 0.416 e. The zero-order valence-electron chi connectivity index (χ0n) is 11.1. The van der Waals surface area contributed by atoms with Crippen LogP contribution in [0.1, 0.15) is 18.4 Å². The fourth-order valence-corrected chi connectivity index (χ4v) is 2.05. The largest absolute Gasteiger partial charge is 0.471 e. The summed E-state index contributed by atoms with van der Waals surface area (Å²) in [6.07, 6.45) is -2.71. The van der Waals surface area contributed by atoms with Gasteiger partial charge in [-0.2, -0.15) is 13.2 Å². The van der Waals surface area contributed by atoms with Crippen LogP contribution in [-0.2, 0) is 11.0 Å². The molecule has 8 heteroatoms. The highest BCUT2D eigenvalue weighted by Gasteiger charge is 2.34. The maximum absolute atomic E-state index is 12.5. The van der Waals surface area contributed by atoms with Gasteiger partial charge in [-0.15, -0.1) is 11.6 Å². The van der Waals surface area contributed by atoms with Crippen LogP contribution in [0.2, 0.25) is 0 Å². The first kappa shape index (κ1) is 15.9. The molecule has 0 aromatic carbocycles. The summed E-state index contributed by atoms with van der Waals surface area (Å²) < 4.78 is 43.0. The topological polar surface area (TPSA) is 42.4 Å². The van der Waals surface area contributed by atoms with Crippen molar-refractivity contribution < 1.29 is 22.7 Å². The number of ether oxygens (including phenoxy) is 1. The number of carbonyl (C=O) groups is 1. The third kappa shape index (κ3) is 4.23. The van der Waals surface area contributed by atoms with Crippen LogP contribution in [0.4, 0.5) is 13.2 Å². The van der Waals surface area contributed by atoms with Crippen LogP contribution in [0.15, 0.2) is 18.3 Å². The van der Waals surface area contributed by atoms with Crippen molar-refractivity contribution in [3.05, 3.63) is 23.9 Å². The van der Waals surface area contributed by atoms with Crippen molar-refractivity contribution in [3.8, 4) is 5.88 Å². The third-order valence-electron chi connectivity index (χ3n) is 3.07. The zero-order chi connectivity index (χ0) is 15.5. The van der Waals surface area contributed by atoms with E-state index in [4.69, 9.17) is 16.3 Å². The van der Waals surface area contributed by atoms with E-state index in [1.807, 2.05) is 0 Å². The van der Waals surface area contributed by atoms with Crippen LogP contribution >= 0.6 is 11.6 Å². The minimum Gasteiger partial charge on any atom is -0.471 e. The number of hydrogen-bond donors (Lipinski definition) is 0. The SMILES string of the molecule is O=C(CCCCl)N1CC(Oc2cc(C(F)(F)F)ccn2)C1. The fraction of sp³-hybridized carbons (Fsp3) is 0.538. The Hall–Kier alpha value is -1.50. The summed E-state index contributed by atoms with van der Waals surface area (Å²) in [5, 5.41) is 0. The second-order valence-corrected chi connectivity index (χ2v) is 5.09. The number of amides is 1. The Balaban J connectivity index is 1.84. The van der Waals surface area contributed by atoms with Crippen molar-refractivity contribution in [1.29, 1.82) is 0 Å². The highest BCUT2D eigenvalue weighted by atomic mass is 35.5. The first-order valence-corrected chi connectivity index (χ1v) is 6.97. The molecule has 1 amide bonds. The molecule has 0 bridgehead atoms. The monoisotopic (exact) mass is 322 g/mol. The van der Waals surface area contributed by atoms with Crippen molar-refractivity contribution in [3.63, 3.8) is 0 Å². The highest BCUT2D eigenvalue weighted by molar-refractivity contribution is 6.17. The molecule has 1 aliphatic rings. The van der Waals surface area contributed by atoms with E-state index in [1.165, 1.54) is 0 Å². The van der Waals surface area contributed by atoms with E-state index in [0.717, 1.165) is 18.3 Å². The molecular formula is C13H14ClF3N2O2. The van der Waals surface area contributed by atoms with E-state index in [9.17, 15) is 18.0 Å². The summed E-state index contributed by atoms with van der Waals surface area (Å²) in [6.45, 7) is 0.720. The van der Waals surface area contributed by atoms with Crippen molar-refractivity contribution in [2.45, 2.75) is 25.1 Å². The number of hydrogen-bond acceptors (Lipinski definition) is 3. The molecule has 21 heavy (non-hydrogen) atoms. The van der Waals surface area contributed by atoms with Gasteiger partial charge in [0.1, 0.15) is 6.10 Å². The van der Waals surface area contributed by atoms with E-state index < -0.39 is 11.7 Å². The van der Waals surface area contributed by atoms with Gasteiger partial charge in [-0.1, -0.05) is 0 Å². The van der Waals surface area contributed by atoms with E-state index >= 15 is 0 Å². The predicted octanol–water partition coefficient (Wildman–Crippen LogP) is 2.71. The highest BCUT2D eigenvalue weighted by Crippen LogP contribution is 2.31. The molecule has 1 aromatic rings. The second-order valence-electron chi connectivity index (χ2n) is 4.71. The predicted molar refractivity (Wildman–Crippen MR) is 70.2 cm³/mol. The quantitative estimate of drug-likeness (QED) is 0.783. The van der Waals surface area contributed by atoms with E-state index in [1.54, 1.807) is 4.90 Å². The number of halogens is 4. The number of rotatable bonds is 5. The fourth-order valence-electron chi connectivity index (χ4n) is 1.91. The summed E-state index contributed by atoms with van der Waals surface area (Å²) in [5.41, 5.74) is -0.804. The van der Waals surface area contributed by atoms with Crippen LogP contribution < -0.4 is 4.74 Å². The van der Waals surface area contributed by atoms with E-state index in [-0.39, 0.29) is 17.9 Å². The molecule has 1 fully saturated rings. The van der Waals surface area contributed by atoms with Crippen molar-refractivity contribution in [2.75, 3.05) is 19.0 Å². The molecule has 2 rings (SSSR count). The van der Waals surface area contributed by atoms with Gasteiger partial charge in [0.15, 0.2) is 0 Å². The molecule has 0 spiro atoms. The van der Waals surface area contributed by atoms with E-state index in [0.29, 0.717) is 31.8 Å². The van der Waals surface area contributed by atoms with Crippen molar-refractivity contribution >= 4 is 17.5 Å². The Morgan fingerprint density at radius 2 is 2.19 bits per heavy atom. The summed E-state index contributed by atoms with van der Waals surface area (Å²) in [4.78, 5) is 17.0. The van der Waals surface area contributed by atoms with Crippen molar-refractivity contribution in [2.24, 2.45) is 0 Å².